The third-order valence-electron chi connectivity index (χ3n) is 5.05. The lowest BCUT2D eigenvalue weighted by Gasteiger charge is -2.36. The molecule has 2 amide bonds. The summed E-state index contributed by atoms with van der Waals surface area (Å²) < 4.78 is 15.8. The van der Waals surface area contributed by atoms with Gasteiger partial charge < -0.3 is 30.6 Å². The fourth-order valence-corrected chi connectivity index (χ4v) is 4.05. The van der Waals surface area contributed by atoms with Crippen LogP contribution in [0.15, 0.2) is 47.1 Å². The maximum atomic E-state index is 13.9. The number of carbonyl (C=O) groups excluding carboxylic acids is 4. The lowest BCUT2D eigenvalue weighted by molar-refractivity contribution is -0.143. The molecule has 31 heavy (non-hydrogen) atoms. The van der Waals surface area contributed by atoms with Gasteiger partial charge in [0.05, 0.1) is 13.2 Å². The van der Waals surface area contributed by atoms with E-state index >= 15 is 0 Å². The van der Waals surface area contributed by atoms with Gasteiger partial charge in [-0.25, -0.2) is 9.59 Å². The van der Waals surface area contributed by atoms with E-state index in [2.05, 4.69) is 0 Å². The van der Waals surface area contributed by atoms with Crippen molar-refractivity contribution >= 4 is 29.4 Å². The minimum atomic E-state index is -2.02. The summed E-state index contributed by atoms with van der Waals surface area (Å²) in [4.78, 5) is 52.8. The van der Waals surface area contributed by atoms with Crippen molar-refractivity contribution in [3.63, 3.8) is 0 Å². The largest absolute Gasteiger partial charge is 0.462 e. The minimum absolute atomic E-state index is 0.00641. The normalized spacial score (nSPS) is 20.0. The third-order valence-corrected chi connectivity index (χ3v) is 5.05. The number of esters is 2. The van der Waals surface area contributed by atoms with E-state index in [0.29, 0.717) is 5.69 Å². The molecule has 0 bridgehead atoms. The molecule has 0 unspecified atom stereocenters. The number of amides is 2. The van der Waals surface area contributed by atoms with Crippen molar-refractivity contribution in [1.82, 2.24) is 0 Å². The zero-order valence-corrected chi connectivity index (χ0v) is 17.4. The van der Waals surface area contributed by atoms with Crippen molar-refractivity contribution in [1.29, 1.82) is 0 Å². The van der Waals surface area contributed by atoms with Crippen LogP contribution in [0, 0.1) is 0 Å². The van der Waals surface area contributed by atoms with Gasteiger partial charge in [0.15, 0.2) is 0 Å². The molecule has 2 aliphatic heterocycles. The number of nitrogens with zero attached hydrogens (tertiary/aromatic N) is 1. The second-order valence-corrected chi connectivity index (χ2v) is 6.84. The van der Waals surface area contributed by atoms with Gasteiger partial charge in [-0.2, -0.15) is 0 Å². The van der Waals surface area contributed by atoms with Gasteiger partial charge in [0.1, 0.15) is 28.9 Å². The summed E-state index contributed by atoms with van der Waals surface area (Å²) in [6.45, 7) is 4.16. The van der Waals surface area contributed by atoms with Gasteiger partial charge in [0.2, 0.25) is 17.7 Å². The Morgan fingerprint density at radius 2 is 1.65 bits per heavy atom. The lowest BCUT2D eigenvalue weighted by atomic mass is 9.67. The number of ether oxygens (including phenoxy) is 3. The summed E-state index contributed by atoms with van der Waals surface area (Å²) in [6, 6.07) is 6.43. The van der Waals surface area contributed by atoms with Crippen LogP contribution in [0.25, 0.3) is 0 Å². The van der Waals surface area contributed by atoms with Crippen LogP contribution in [0.4, 0.5) is 5.69 Å². The molecular weight excluding hydrogens is 406 g/mol. The number of rotatable bonds is 6. The maximum absolute atomic E-state index is 13.9. The number of nitrogens with two attached hydrogens (primary N) is 2. The quantitative estimate of drug-likeness (QED) is 0.615. The molecule has 3 rings (SSSR count). The topological polar surface area (TPSA) is 151 Å². The van der Waals surface area contributed by atoms with Gasteiger partial charge in [0, 0.05) is 11.3 Å². The number of carbonyl (C=O) groups is 4. The molecule has 1 aromatic rings. The lowest BCUT2D eigenvalue weighted by Crippen LogP contribution is -2.52. The fraction of sp³-hybridized carbons (Fsp3) is 0.333. The predicted octanol–water partition coefficient (Wildman–Crippen LogP) is 0.357. The van der Waals surface area contributed by atoms with Gasteiger partial charge in [-0.1, -0.05) is 18.2 Å². The number of fused-ring (bicyclic) bond motifs is 2. The average molecular weight is 429 g/mol. The maximum Gasteiger partial charge on any atom is 0.341 e. The summed E-state index contributed by atoms with van der Waals surface area (Å²) in [6.07, 6.45) is 0. The van der Waals surface area contributed by atoms with Crippen molar-refractivity contribution < 1.29 is 33.4 Å². The highest BCUT2D eigenvalue weighted by atomic mass is 16.5. The number of benzene rings is 1. The molecule has 2 aliphatic rings. The van der Waals surface area contributed by atoms with Crippen molar-refractivity contribution in [3.8, 4) is 0 Å². The van der Waals surface area contributed by atoms with Crippen LogP contribution in [0.2, 0.25) is 0 Å². The smallest absolute Gasteiger partial charge is 0.341 e. The summed E-state index contributed by atoms with van der Waals surface area (Å²) >= 11 is 0. The van der Waals surface area contributed by atoms with Gasteiger partial charge in [-0.15, -0.1) is 0 Å². The summed E-state index contributed by atoms with van der Waals surface area (Å²) in [7, 11) is 0. The van der Waals surface area contributed by atoms with Gasteiger partial charge in [-0.3, -0.25) is 9.59 Å². The van der Waals surface area contributed by atoms with Gasteiger partial charge in [-0.05, 0) is 26.8 Å². The van der Waals surface area contributed by atoms with Crippen LogP contribution in [0.3, 0.4) is 0 Å². The van der Waals surface area contributed by atoms with E-state index in [-0.39, 0.29) is 41.6 Å². The number of allylic oxidation sites excluding steroid dienone is 1. The van der Waals surface area contributed by atoms with Crippen LogP contribution in [0.5, 0.6) is 0 Å². The standard InChI is InChI=1S/C21H23N3O7/c1-4-29-18(26)15-11(3)31-17(23)16(19(27)30-5-2)21(15)12-8-6-7-9-13(12)24(20(21)28)10-14(22)25/h6-9H,4-5,10,23H2,1-3H3,(H2,22,25)/t21-/m0/s1. The molecule has 0 aromatic heterocycles. The number of primary amides is 1. The highest BCUT2D eigenvalue weighted by molar-refractivity contribution is 6.23. The van der Waals surface area contributed by atoms with Crippen LogP contribution in [-0.2, 0) is 38.8 Å². The van der Waals surface area contributed by atoms with Crippen LogP contribution >= 0.6 is 0 Å². The highest BCUT2D eigenvalue weighted by Crippen LogP contribution is 2.54. The molecule has 0 aliphatic carbocycles. The molecule has 2 heterocycles. The second-order valence-electron chi connectivity index (χ2n) is 6.84. The SMILES string of the molecule is CCOC(=O)C1=C(C)OC(N)=C(C(=O)OCC)[C@@]12C(=O)N(CC(N)=O)c1ccccc12. The second kappa shape index (κ2) is 8.13. The van der Waals surface area contributed by atoms with Crippen LogP contribution in [-0.4, -0.2) is 43.5 Å². The highest BCUT2D eigenvalue weighted by Gasteiger charge is 2.64. The van der Waals surface area contributed by atoms with E-state index in [0.717, 1.165) is 4.90 Å². The Bertz CT molecular complexity index is 1000. The van der Waals surface area contributed by atoms with Crippen molar-refractivity contribution in [2.75, 3.05) is 24.7 Å². The van der Waals surface area contributed by atoms with Crippen molar-refractivity contribution in [2.24, 2.45) is 11.5 Å². The molecule has 0 fully saturated rings. The first-order valence-electron chi connectivity index (χ1n) is 9.65. The molecule has 4 N–H and O–H groups in total. The molecule has 10 heteroatoms. The van der Waals surface area contributed by atoms with E-state index in [1.165, 1.54) is 6.92 Å². The van der Waals surface area contributed by atoms with Gasteiger partial charge >= 0.3 is 11.9 Å². The summed E-state index contributed by atoms with van der Waals surface area (Å²) in [5.74, 6) is -3.72. The van der Waals surface area contributed by atoms with E-state index in [1.54, 1.807) is 38.1 Å². The monoisotopic (exact) mass is 429 g/mol. The first-order chi connectivity index (χ1) is 14.7. The number of anilines is 1. The zero-order chi connectivity index (χ0) is 22.9. The number of hydrogen-bond acceptors (Lipinski definition) is 8. The Morgan fingerprint density at radius 1 is 1.06 bits per heavy atom. The third kappa shape index (κ3) is 3.20. The van der Waals surface area contributed by atoms with Crippen molar-refractivity contribution in [3.05, 3.63) is 52.6 Å². The molecule has 164 valence electrons. The van der Waals surface area contributed by atoms with Gasteiger partial charge in [0.25, 0.3) is 0 Å². The zero-order valence-electron chi connectivity index (χ0n) is 17.4. The minimum Gasteiger partial charge on any atom is -0.462 e. The number of para-hydroxylation sites is 1. The Labute approximate surface area is 178 Å². The van der Waals surface area contributed by atoms with Crippen LogP contribution < -0.4 is 16.4 Å². The Kier molecular flexibility index (Phi) is 5.74. The Morgan fingerprint density at radius 3 is 2.23 bits per heavy atom. The predicted molar refractivity (Wildman–Crippen MR) is 108 cm³/mol. The van der Waals surface area contributed by atoms with Crippen LogP contribution in [0.1, 0.15) is 26.3 Å². The Balaban J connectivity index is 2.42. The fourth-order valence-electron chi connectivity index (χ4n) is 4.05. The molecule has 1 spiro atoms. The molecule has 10 nitrogen and oxygen atoms in total. The average Bonchev–Trinajstić information content (AvgIpc) is 2.91. The van der Waals surface area contributed by atoms with E-state index in [9.17, 15) is 19.2 Å². The molecule has 0 radical (unpaired) electrons. The molecule has 1 atom stereocenters. The van der Waals surface area contributed by atoms with Crippen molar-refractivity contribution in [2.45, 2.75) is 26.2 Å². The molecular formula is C21H23N3O7. The first-order valence-corrected chi connectivity index (χ1v) is 9.65. The molecule has 0 saturated heterocycles. The molecule has 0 saturated carbocycles. The Hall–Kier alpha value is -3.82. The summed E-state index contributed by atoms with van der Waals surface area (Å²) in [5, 5.41) is 0. The first kappa shape index (κ1) is 21.9. The van der Waals surface area contributed by atoms with E-state index in [4.69, 9.17) is 25.7 Å². The summed E-state index contributed by atoms with van der Waals surface area (Å²) in [5.41, 5.74) is 9.41. The van der Waals surface area contributed by atoms with E-state index in [1.807, 2.05) is 0 Å². The number of hydrogen-bond donors (Lipinski definition) is 2. The van der Waals surface area contributed by atoms with E-state index < -0.39 is 35.7 Å². The molecule has 1 aromatic carbocycles.